The standard InChI is InChI=1S/C28H30ClN5O3/c1-33-11-13-34(14-12-33)27-31-17-22(26(35)30-16-19-3-8-23-24(15-19)37-18-36-23)25(32-27)28(9-2-10-28)20-4-6-21(29)7-5-20/h3-8,15,17H,2,9-14,16,18H2,1H3,(H,30,35). The van der Waals surface area contributed by atoms with Crippen LogP contribution in [-0.4, -0.2) is 60.8 Å². The highest BCUT2D eigenvalue weighted by atomic mass is 35.5. The minimum Gasteiger partial charge on any atom is -0.454 e. The average molecular weight is 520 g/mol. The number of ether oxygens (including phenoxy) is 2. The molecule has 0 radical (unpaired) electrons. The van der Waals surface area contributed by atoms with Crippen molar-refractivity contribution in [2.24, 2.45) is 0 Å². The number of anilines is 1. The number of halogens is 1. The van der Waals surface area contributed by atoms with Crippen LogP contribution in [0.15, 0.2) is 48.7 Å². The van der Waals surface area contributed by atoms with Gasteiger partial charge in [0.2, 0.25) is 12.7 Å². The number of aromatic nitrogens is 2. The summed E-state index contributed by atoms with van der Waals surface area (Å²) in [5.74, 6) is 1.93. The molecule has 2 aromatic carbocycles. The van der Waals surface area contributed by atoms with E-state index in [0.29, 0.717) is 28.8 Å². The summed E-state index contributed by atoms with van der Waals surface area (Å²) in [6.45, 7) is 4.22. The maximum Gasteiger partial charge on any atom is 0.255 e. The maximum absolute atomic E-state index is 13.6. The van der Waals surface area contributed by atoms with Crippen LogP contribution in [-0.2, 0) is 12.0 Å². The predicted octanol–water partition coefficient (Wildman–Crippen LogP) is 4.01. The number of carbonyl (C=O) groups excluding carboxylic acids is 1. The molecule has 3 heterocycles. The largest absolute Gasteiger partial charge is 0.454 e. The van der Waals surface area contributed by atoms with Crippen molar-refractivity contribution < 1.29 is 14.3 Å². The van der Waals surface area contributed by atoms with Gasteiger partial charge in [0.1, 0.15) is 0 Å². The van der Waals surface area contributed by atoms with Crippen LogP contribution in [0.5, 0.6) is 11.5 Å². The van der Waals surface area contributed by atoms with Crippen molar-refractivity contribution in [2.45, 2.75) is 31.2 Å². The van der Waals surface area contributed by atoms with E-state index in [2.05, 4.69) is 39.3 Å². The molecule has 1 saturated carbocycles. The second-order valence-electron chi connectivity index (χ2n) is 10.0. The normalized spacial score (nSPS) is 18.4. The van der Waals surface area contributed by atoms with E-state index in [0.717, 1.165) is 68.0 Å². The fourth-order valence-corrected chi connectivity index (χ4v) is 5.48. The molecule has 192 valence electrons. The number of amides is 1. The number of nitrogens with one attached hydrogen (secondary N) is 1. The molecule has 1 amide bonds. The number of fused-ring (bicyclic) bond motifs is 1. The molecular formula is C28H30ClN5O3. The van der Waals surface area contributed by atoms with Gasteiger partial charge in [-0.05, 0) is 55.3 Å². The summed E-state index contributed by atoms with van der Waals surface area (Å²) in [6.07, 6.45) is 4.64. The van der Waals surface area contributed by atoms with E-state index in [1.165, 1.54) is 0 Å². The van der Waals surface area contributed by atoms with E-state index >= 15 is 0 Å². The van der Waals surface area contributed by atoms with Gasteiger partial charge in [-0.1, -0.05) is 36.2 Å². The molecule has 0 bridgehead atoms. The Kier molecular flexibility index (Phi) is 6.38. The quantitative estimate of drug-likeness (QED) is 0.527. The van der Waals surface area contributed by atoms with Gasteiger partial charge in [-0.25, -0.2) is 9.97 Å². The third-order valence-electron chi connectivity index (χ3n) is 7.75. The number of rotatable bonds is 6. The van der Waals surface area contributed by atoms with E-state index in [4.69, 9.17) is 26.1 Å². The second kappa shape index (κ2) is 9.84. The molecule has 3 aliphatic rings. The molecular weight excluding hydrogens is 490 g/mol. The van der Waals surface area contributed by atoms with Crippen LogP contribution in [0.4, 0.5) is 5.95 Å². The van der Waals surface area contributed by atoms with Gasteiger partial charge in [0.05, 0.1) is 11.3 Å². The lowest BCUT2D eigenvalue weighted by atomic mass is 9.61. The Morgan fingerprint density at radius 2 is 1.81 bits per heavy atom. The molecule has 0 spiro atoms. The van der Waals surface area contributed by atoms with Crippen molar-refractivity contribution in [3.05, 3.63) is 76.1 Å². The zero-order valence-electron chi connectivity index (χ0n) is 20.9. The highest BCUT2D eigenvalue weighted by Crippen LogP contribution is 2.49. The van der Waals surface area contributed by atoms with Gasteiger partial charge < -0.3 is 24.6 Å². The van der Waals surface area contributed by atoms with Gasteiger partial charge in [-0.2, -0.15) is 0 Å². The molecule has 1 saturated heterocycles. The highest BCUT2D eigenvalue weighted by molar-refractivity contribution is 6.30. The van der Waals surface area contributed by atoms with Crippen molar-refractivity contribution in [3.63, 3.8) is 0 Å². The Labute approximate surface area is 221 Å². The maximum atomic E-state index is 13.6. The molecule has 0 unspecified atom stereocenters. The lowest BCUT2D eigenvalue weighted by Gasteiger charge is -2.43. The van der Waals surface area contributed by atoms with E-state index in [1.807, 2.05) is 30.3 Å². The van der Waals surface area contributed by atoms with Gasteiger partial charge in [0.15, 0.2) is 11.5 Å². The molecule has 3 aromatic rings. The van der Waals surface area contributed by atoms with Gasteiger partial charge in [0, 0.05) is 49.4 Å². The zero-order valence-corrected chi connectivity index (χ0v) is 21.6. The Morgan fingerprint density at radius 1 is 1.05 bits per heavy atom. The van der Waals surface area contributed by atoms with Crippen LogP contribution < -0.4 is 19.7 Å². The lowest BCUT2D eigenvalue weighted by molar-refractivity contribution is 0.0945. The molecule has 8 nitrogen and oxygen atoms in total. The van der Waals surface area contributed by atoms with Crippen molar-refractivity contribution >= 4 is 23.5 Å². The van der Waals surface area contributed by atoms with E-state index < -0.39 is 0 Å². The van der Waals surface area contributed by atoms with E-state index in [1.54, 1.807) is 6.20 Å². The first-order valence-corrected chi connectivity index (χ1v) is 13.1. The van der Waals surface area contributed by atoms with Crippen LogP contribution in [0.2, 0.25) is 5.02 Å². The Hall–Kier alpha value is -3.36. The molecule has 6 rings (SSSR count). The molecule has 37 heavy (non-hydrogen) atoms. The summed E-state index contributed by atoms with van der Waals surface area (Å²) >= 11 is 6.21. The van der Waals surface area contributed by atoms with Gasteiger partial charge in [-0.15, -0.1) is 0 Å². The first kappa shape index (κ1) is 24.0. The molecule has 2 fully saturated rings. The van der Waals surface area contributed by atoms with Crippen molar-refractivity contribution in [3.8, 4) is 11.5 Å². The highest BCUT2D eigenvalue weighted by Gasteiger charge is 2.44. The molecule has 0 atom stereocenters. The second-order valence-corrected chi connectivity index (χ2v) is 10.5. The topological polar surface area (TPSA) is 79.8 Å². The first-order valence-electron chi connectivity index (χ1n) is 12.8. The van der Waals surface area contributed by atoms with Crippen LogP contribution in [0.1, 0.15) is 46.4 Å². The first-order chi connectivity index (χ1) is 18.0. The molecule has 2 aliphatic heterocycles. The number of carbonyl (C=O) groups is 1. The Balaban J connectivity index is 1.33. The Bertz CT molecular complexity index is 1300. The number of likely N-dealkylation sites (N-methyl/N-ethyl adjacent to an activating group) is 1. The van der Waals surface area contributed by atoms with E-state index in [9.17, 15) is 4.79 Å². The third-order valence-corrected chi connectivity index (χ3v) is 8.01. The summed E-state index contributed by atoms with van der Waals surface area (Å²) in [5.41, 5.74) is 3.06. The van der Waals surface area contributed by atoms with Crippen molar-refractivity contribution in [1.82, 2.24) is 20.2 Å². The number of hydrogen-bond acceptors (Lipinski definition) is 7. The minimum atomic E-state index is -0.333. The average Bonchev–Trinajstić information content (AvgIpc) is 3.36. The van der Waals surface area contributed by atoms with Gasteiger partial charge in [-0.3, -0.25) is 4.79 Å². The van der Waals surface area contributed by atoms with Gasteiger partial charge >= 0.3 is 0 Å². The number of hydrogen-bond donors (Lipinski definition) is 1. The van der Waals surface area contributed by atoms with Gasteiger partial charge in [0.25, 0.3) is 5.91 Å². The fourth-order valence-electron chi connectivity index (χ4n) is 5.35. The lowest BCUT2D eigenvalue weighted by Crippen LogP contribution is -2.46. The van der Waals surface area contributed by atoms with Crippen LogP contribution in [0, 0.1) is 0 Å². The van der Waals surface area contributed by atoms with Crippen molar-refractivity contribution in [1.29, 1.82) is 0 Å². The summed E-state index contributed by atoms with van der Waals surface area (Å²) < 4.78 is 10.9. The summed E-state index contributed by atoms with van der Waals surface area (Å²) in [7, 11) is 2.13. The summed E-state index contributed by atoms with van der Waals surface area (Å²) in [6, 6.07) is 13.7. The third kappa shape index (κ3) is 4.60. The number of nitrogens with zero attached hydrogens (tertiary/aromatic N) is 4. The number of piperazine rings is 1. The van der Waals surface area contributed by atoms with E-state index in [-0.39, 0.29) is 18.1 Å². The number of benzene rings is 2. The Morgan fingerprint density at radius 3 is 2.54 bits per heavy atom. The summed E-state index contributed by atoms with van der Waals surface area (Å²) in [5, 5.41) is 3.77. The monoisotopic (exact) mass is 519 g/mol. The van der Waals surface area contributed by atoms with Crippen LogP contribution >= 0.6 is 11.6 Å². The molecule has 1 N–H and O–H groups in total. The molecule has 1 aliphatic carbocycles. The fraction of sp³-hybridized carbons (Fsp3) is 0.393. The molecule has 1 aromatic heterocycles. The minimum absolute atomic E-state index is 0.183. The smallest absolute Gasteiger partial charge is 0.255 e. The SMILES string of the molecule is CN1CCN(c2ncc(C(=O)NCc3ccc4c(c3)OCO4)c(C3(c4ccc(Cl)cc4)CCC3)n2)CC1. The zero-order chi connectivity index (χ0) is 25.4. The van der Waals surface area contributed by atoms with Crippen LogP contribution in [0.3, 0.4) is 0 Å². The van der Waals surface area contributed by atoms with Crippen molar-refractivity contribution in [2.75, 3.05) is 44.9 Å². The molecule has 9 heteroatoms. The summed E-state index contributed by atoms with van der Waals surface area (Å²) in [4.78, 5) is 27.9. The predicted molar refractivity (Wildman–Crippen MR) is 142 cm³/mol. The van der Waals surface area contributed by atoms with Crippen LogP contribution in [0.25, 0.3) is 0 Å².